The maximum atomic E-state index is 6.08. The van der Waals surface area contributed by atoms with Gasteiger partial charge in [0.15, 0.2) is 0 Å². The molecule has 0 unspecified atom stereocenters. The molecule has 0 saturated heterocycles. The van der Waals surface area contributed by atoms with Crippen molar-refractivity contribution in [1.82, 2.24) is 9.97 Å². The molecule has 0 aliphatic rings. The Kier molecular flexibility index (Phi) is 8.45. The third-order valence-corrected chi connectivity index (χ3v) is 2.91. The van der Waals surface area contributed by atoms with Crippen LogP contribution >= 0.6 is 11.6 Å². The maximum Gasteiger partial charge on any atom is 0.137 e. The molecular formula is C13H22ClN3O2. The highest BCUT2D eigenvalue weighted by atomic mass is 35.5. The van der Waals surface area contributed by atoms with Crippen LogP contribution < -0.4 is 5.32 Å². The van der Waals surface area contributed by atoms with Gasteiger partial charge in [0.2, 0.25) is 0 Å². The van der Waals surface area contributed by atoms with E-state index in [2.05, 4.69) is 22.2 Å². The van der Waals surface area contributed by atoms with Gasteiger partial charge in [-0.1, -0.05) is 24.9 Å². The van der Waals surface area contributed by atoms with E-state index in [-0.39, 0.29) is 0 Å². The number of halogens is 1. The minimum absolute atomic E-state index is 0.538. The molecule has 108 valence electrons. The molecule has 0 aliphatic carbocycles. The van der Waals surface area contributed by atoms with Crippen molar-refractivity contribution in [3.05, 3.63) is 17.0 Å². The Morgan fingerprint density at radius 2 is 2.11 bits per heavy atom. The summed E-state index contributed by atoms with van der Waals surface area (Å²) >= 11 is 6.08. The number of methoxy groups -OCH3 is 1. The number of nitrogens with one attached hydrogen (secondary N) is 1. The molecule has 0 amide bonds. The average molecular weight is 288 g/mol. The van der Waals surface area contributed by atoms with Crippen molar-refractivity contribution in [3.63, 3.8) is 0 Å². The predicted octanol–water partition coefficient (Wildman–Crippen LogP) is 2.55. The van der Waals surface area contributed by atoms with Gasteiger partial charge < -0.3 is 14.8 Å². The van der Waals surface area contributed by atoms with Crippen LogP contribution in [0, 0.1) is 0 Å². The van der Waals surface area contributed by atoms with Crippen LogP contribution in [0.5, 0.6) is 0 Å². The van der Waals surface area contributed by atoms with Gasteiger partial charge in [-0.05, 0) is 12.8 Å². The number of hydrogen-bond donors (Lipinski definition) is 1. The van der Waals surface area contributed by atoms with Crippen LogP contribution in [0.25, 0.3) is 0 Å². The Bertz CT molecular complexity index is 364. The largest absolute Gasteiger partial charge is 0.382 e. The zero-order valence-corrected chi connectivity index (χ0v) is 12.4. The molecule has 0 saturated carbocycles. The highest BCUT2D eigenvalue weighted by molar-refractivity contribution is 6.30. The van der Waals surface area contributed by atoms with Gasteiger partial charge in [0.25, 0.3) is 0 Å². The number of aromatic nitrogens is 2. The first-order valence-corrected chi connectivity index (χ1v) is 6.97. The predicted molar refractivity (Wildman–Crippen MR) is 76.8 cm³/mol. The first kappa shape index (κ1) is 16.1. The fourth-order valence-corrected chi connectivity index (χ4v) is 1.87. The van der Waals surface area contributed by atoms with Crippen LogP contribution in [0.2, 0.25) is 5.15 Å². The standard InChI is InChI=1S/C13H22ClN3O2/c1-3-5-11-12(14)16-10-17-13(11)15-6-4-7-19-9-8-18-2/h10H,3-9H2,1-2H3,(H,15,16,17). The summed E-state index contributed by atoms with van der Waals surface area (Å²) in [5.41, 5.74) is 0.993. The highest BCUT2D eigenvalue weighted by Crippen LogP contribution is 2.21. The molecule has 1 aromatic rings. The van der Waals surface area contributed by atoms with E-state index < -0.39 is 0 Å². The van der Waals surface area contributed by atoms with Crippen molar-refractivity contribution in [1.29, 1.82) is 0 Å². The Morgan fingerprint density at radius 3 is 2.84 bits per heavy atom. The van der Waals surface area contributed by atoms with Crippen LogP contribution in [0.3, 0.4) is 0 Å². The molecule has 0 spiro atoms. The van der Waals surface area contributed by atoms with Crippen molar-refractivity contribution in [2.75, 3.05) is 38.8 Å². The van der Waals surface area contributed by atoms with Gasteiger partial charge in [-0.25, -0.2) is 9.97 Å². The molecular weight excluding hydrogens is 266 g/mol. The Balaban J connectivity index is 2.30. The van der Waals surface area contributed by atoms with Crippen LogP contribution in [0.4, 0.5) is 5.82 Å². The Hall–Kier alpha value is -0.910. The third-order valence-electron chi connectivity index (χ3n) is 2.58. The van der Waals surface area contributed by atoms with Crippen molar-refractivity contribution in [3.8, 4) is 0 Å². The van der Waals surface area contributed by atoms with Gasteiger partial charge in [-0.3, -0.25) is 0 Å². The third kappa shape index (κ3) is 6.18. The molecule has 1 N–H and O–H groups in total. The summed E-state index contributed by atoms with van der Waals surface area (Å²) < 4.78 is 10.3. The summed E-state index contributed by atoms with van der Waals surface area (Å²) in [6, 6.07) is 0. The second-order valence-corrected chi connectivity index (χ2v) is 4.49. The Labute approximate surface area is 119 Å². The molecule has 0 aliphatic heterocycles. The molecule has 1 heterocycles. The Morgan fingerprint density at radius 1 is 1.26 bits per heavy atom. The van der Waals surface area contributed by atoms with Gasteiger partial charge >= 0.3 is 0 Å². The van der Waals surface area contributed by atoms with E-state index in [1.165, 1.54) is 6.33 Å². The average Bonchev–Trinajstić information content (AvgIpc) is 2.41. The zero-order valence-electron chi connectivity index (χ0n) is 11.6. The second kappa shape index (κ2) is 9.95. The molecule has 1 rings (SSSR count). The summed E-state index contributed by atoms with van der Waals surface area (Å²) in [6.07, 6.45) is 4.30. The van der Waals surface area contributed by atoms with Crippen molar-refractivity contribution >= 4 is 17.4 Å². The maximum absolute atomic E-state index is 6.08. The van der Waals surface area contributed by atoms with Crippen LogP contribution in [0.15, 0.2) is 6.33 Å². The van der Waals surface area contributed by atoms with E-state index in [0.29, 0.717) is 25.0 Å². The van der Waals surface area contributed by atoms with E-state index in [9.17, 15) is 0 Å². The SMILES string of the molecule is CCCc1c(Cl)ncnc1NCCCOCCOC. The molecule has 19 heavy (non-hydrogen) atoms. The molecule has 0 aromatic carbocycles. The topological polar surface area (TPSA) is 56.3 Å². The van der Waals surface area contributed by atoms with Crippen LogP contribution in [-0.2, 0) is 15.9 Å². The lowest BCUT2D eigenvalue weighted by atomic mass is 10.2. The molecule has 6 heteroatoms. The fraction of sp³-hybridized carbons (Fsp3) is 0.692. The normalized spacial score (nSPS) is 10.7. The smallest absolute Gasteiger partial charge is 0.137 e. The minimum atomic E-state index is 0.538. The lowest BCUT2D eigenvalue weighted by molar-refractivity contribution is 0.0705. The van der Waals surface area contributed by atoms with Gasteiger partial charge in [-0.15, -0.1) is 0 Å². The highest BCUT2D eigenvalue weighted by Gasteiger charge is 2.08. The van der Waals surface area contributed by atoms with Crippen molar-refractivity contribution < 1.29 is 9.47 Å². The number of rotatable bonds is 10. The first-order chi connectivity index (χ1) is 9.29. The van der Waals surface area contributed by atoms with Gasteiger partial charge in [0, 0.05) is 25.8 Å². The van der Waals surface area contributed by atoms with E-state index in [0.717, 1.165) is 37.2 Å². The summed E-state index contributed by atoms with van der Waals surface area (Å²) in [4.78, 5) is 8.25. The quantitative estimate of drug-likeness (QED) is 0.529. The summed E-state index contributed by atoms with van der Waals surface area (Å²) in [7, 11) is 1.67. The molecule has 0 atom stereocenters. The minimum Gasteiger partial charge on any atom is -0.382 e. The number of nitrogens with zero attached hydrogens (tertiary/aromatic N) is 2. The van der Waals surface area contributed by atoms with Gasteiger partial charge in [0.05, 0.1) is 13.2 Å². The van der Waals surface area contributed by atoms with Crippen LogP contribution in [-0.4, -0.2) is 43.4 Å². The monoisotopic (exact) mass is 287 g/mol. The summed E-state index contributed by atoms with van der Waals surface area (Å²) in [5, 5.41) is 3.82. The lowest BCUT2D eigenvalue weighted by Crippen LogP contribution is -2.11. The molecule has 0 radical (unpaired) electrons. The van der Waals surface area contributed by atoms with Crippen molar-refractivity contribution in [2.24, 2.45) is 0 Å². The van der Waals surface area contributed by atoms with Crippen molar-refractivity contribution in [2.45, 2.75) is 26.2 Å². The van der Waals surface area contributed by atoms with E-state index >= 15 is 0 Å². The summed E-state index contributed by atoms with van der Waals surface area (Å²) in [5.74, 6) is 0.832. The molecule has 5 nitrogen and oxygen atoms in total. The fourth-order valence-electron chi connectivity index (χ4n) is 1.64. The van der Waals surface area contributed by atoms with E-state index in [1.54, 1.807) is 7.11 Å². The molecule has 0 bridgehead atoms. The summed E-state index contributed by atoms with van der Waals surface area (Å²) in [6.45, 7) is 4.89. The number of hydrogen-bond acceptors (Lipinski definition) is 5. The van der Waals surface area contributed by atoms with Gasteiger partial charge in [-0.2, -0.15) is 0 Å². The van der Waals surface area contributed by atoms with Crippen LogP contribution in [0.1, 0.15) is 25.3 Å². The first-order valence-electron chi connectivity index (χ1n) is 6.59. The number of ether oxygens (including phenoxy) is 2. The van der Waals surface area contributed by atoms with Gasteiger partial charge in [0.1, 0.15) is 17.3 Å². The van der Waals surface area contributed by atoms with E-state index in [4.69, 9.17) is 21.1 Å². The molecule has 0 fully saturated rings. The zero-order chi connectivity index (χ0) is 13.9. The lowest BCUT2D eigenvalue weighted by Gasteiger charge is -2.11. The second-order valence-electron chi connectivity index (χ2n) is 4.13. The van der Waals surface area contributed by atoms with E-state index in [1.807, 2.05) is 0 Å². The molecule has 1 aromatic heterocycles. The number of anilines is 1.